The van der Waals surface area contributed by atoms with Gasteiger partial charge in [-0.3, -0.25) is 9.59 Å². The third-order valence-electron chi connectivity index (χ3n) is 2.99. The lowest BCUT2D eigenvalue weighted by molar-refractivity contribution is -0.155. The van der Waals surface area contributed by atoms with Gasteiger partial charge in [0.25, 0.3) is 5.91 Å². The Morgan fingerprint density at radius 1 is 1.26 bits per heavy atom. The van der Waals surface area contributed by atoms with Crippen LogP contribution in [0, 0.1) is 0 Å². The Morgan fingerprint density at radius 3 is 2.39 bits per heavy atom. The predicted octanol–water partition coefficient (Wildman–Crippen LogP) is 1.51. The minimum Gasteiger partial charge on any atom is -0.452 e. The van der Waals surface area contributed by atoms with Crippen molar-refractivity contribution in [3.8, 4) is 0 Å². The first kappa shape index (κ1) is 18.8. The van der Waals surface area contributed by atoms with E-state index >= 15 is 0 Å². The van der Waals surface area contributed by atoms with Crippen LogP contribution in [0.15, 0.2) is 24.3 Å². The molecule has 1 rings (SSSR count). The van der Waals surface area contributed by atoms with E-state index in [0.29, 0.717) is 17.1 Å². The number of nitrogens with one attached hydrogen (secondary N) is 2. The fraction of sp³-hybridized carbons (Fsp3) is 0.400. The molecule has 126 valence electrons. The highest BCUT2D eigenvalue weighted by molar-refractivity contribution is 6.30. The van der Waals surface area contributed by atoms with Crippen molar-refractivity contribution in [2.45, 2.75) is 32.4 Å². The number of primary amides is 1. The van der Waals surface area contributed by atoms with Gasteiger partial charge >= 0.3 is 12.0 Å². The highest BCUT2D eigenvalue weighted by Crippen LogP contribution is 2.20. The number of carbonyl (C=O) groups is 3. The van der Waals surface area contributed by atoms with E-state index in [1.54, 1.807) is 31.2 Å². The molecule has 3 amide bonds. The zero-order valence-electron chi connectivity index (χ0n) is 13.0. The molecule has 2 atom stereocenters. The number of likely N-dealkylation sites (N-methyl/N-ethyl adjacent to an activating group) is 1. The monoisotopic (exact) mass is 341 g/mol. The first-order valence-corrected chi connectivity index (χ1v) is 7.50. The molecule has 0 aromatic heterocycles. The minimum absolute atomic E-state index is 0.158. The Labute approximate surface area is 139 Å². The fourth-order valence-electron chi connectivity index (χ4n) is 1.90. The average molecular weight is 342 g/mol. The number of rotatable bonds is 7. The van der Waals surface area contributed by atoms with Crippen molar-refractivity contribution in [1.29, 1.82) is 0 Å². The van der Waals surface area contributed by atoms with Crippen LogP contribution >= 0.6 is 11.6 Å². The molecular formula is C15H20ClN3O4. The molecule has 0 heterocycles. The van der Waals surface area contributed by atoms with E-state index in [1.165, 1.54) is 6.92 Å². The van der Waals surface area contributed by atoms with Crippen LogP contribution in [0.25, 0.3) is 0 Å². The number of hydrogen-bond donors (Lipinski definition) is 3. The highest BCUT2D eigenvalue weighted by Gasteiger charge is 2.22. The number of nitrogens with two attached hydrogens (primary N) is 1. The normalized spacial score (nSPS) is 12.8. The quantitative estimate of drug-likeness (QED) is 0.653. The Hall–Kier alpha value is -2.28. The maximum absolute atomic E-state index is 12.0. The summed E-state index contributed by atoms with van der Waals surface area (Å²) in [5.41, 5.74) is 5.78. The summed E-state index contributed by atoms with van der Waals surface area (Å²) in [6, 6.07) is 5.17. The summed E-state index contributed by atoms with van der Waals surface area (Å²) in [7, 11) is 0. The molecule has 0 fully saturated rings. The molecule has 0 spiro atoms. The van der Waals surface area contributed by atoms with Crippen molar-refractivity contribution >= 4 is 29.5 Å². The molecule has 0 aliphatic heterocycles. The van der Waals surface area contributed by atoms with Gasteiger partial charge in [0, 0.05) is 11.6 Å². The Bertz CT molecular complexity index is 562. The molecule has 0 unspecified atom stereocenters. The lowest BCUT2D eigenvalue weighted by atomic mass is 10.0. The highest BCUT2D eigenvalue weighted by atomic mass is 35.5. The second kappa shape index (κ2) is 8.99. The molecular weight excluding hydrogens is 322 g/mol. The number of urea groups is 1. The number of halogens is 1. The van der Waals surface area contributed by atoms with E-state index in [-0.39, 0.29) is 12.3 Å². The summed E-state index contributed by atoms with van der Waals surface area (Å²) in [5, 5.41) is 5.55. The number of carbonyl (C=O) groups excluding carboxylic acids is 3. The van der Waals surface area contributed by atoms with Gasteiger partial charge in [0.1, 0.15) is 0 Å². The minimum atomic E-state index is -0.915. The van der Waals surface area contributed by atoms with Crippen molar-refractivity contribution < 1.29 is 19.1 Å². The molecule has 0 radical (unpaired) electrons. The van der Waals surface area contributed by atoms with Crippen molar-refractivity contribution in [2.24, 2.45) is 5.73 Å². The van der Waals surface area contributed by atoms with Crippen LogP contribution in [0.4, 0.5) is 4.79 Å². The van der Waals surface area contributed by atoms with Gasteiger partial charge in [-0.05, 0) is 31.5 Å². The summed E-state index contributed by atoms with van der Waals surface area (Å²) in [4.78, 5) is 34.6. The maximum Gasteiger partial charge on any atom is 0.312 e. The standard InChI is InChI=1S/C15H20ClN3O4/c1-3-18-14(21)9(2)23-13(20)8-12(19-15(17)22)10-4-6-11(16)7-5-10/h4-7,9,12H,3,8H2,1-2H3,(H,18,21)(H3,17,19,22)/t9-,12-/m1/s1. The van der Waals surface area contributed by atoms with Crippen LogP contribution < -0.4 is 16.4 Å². The van der Waals surface area contributed by atoms with E-state index in [4.69, 9.17) is 22.1 Å². The zero-order chi connectivity index (χ0) is 17.4. The summed E-state index contributed by atoms with van der Waals surface area (Å²) in [5.74, 6) is -1.01. The first-order chi connectivity index (χ1) is 10.8. The third-order valence-corrected chi connectivity index (χ3v) is 3.24. The molecule has 8 heteroatoms. The average Bonchev–Trinajstić information content (AvgIpc) is 2.47. The van der Waals surface area contributed by atoms with Gasteiger partial charge in [0.2, 0.25) is 0 Å². The smallest absolute Gasteiger partial charge is 0.312 e. The van der Waals surface area contributed by atoms with Gasteiger partial charge in [0.15, 0.2) is 6.10 Å². The molecule has 23 heavy (non-hydrogen) atoms. The van der Waals surface area contributed by atoms with Gasteiger partial charge in [-0.1, -0.05) is 23.7 Å². The summed E-state index contributed by atoms with van der Waals surface area (Å²) in [6.07, 6.45) is -1.07. The molecule has 1 aromatic carbocycles. The number of ether oxygens (including phenoxy) is 1. The summed E-state index contributed by atoms with van der Waals surface area (Å²) in [6.45, 7) is 3.68. The van der Waals surface area contributed by atoms with E-state index < -0.39 is 24.1 Å². The summed E-state index contributed by atoms with van der Waals surface area (Å²) >= 11 is 5.81. The lowest BCUT2D eigenvalue weighted by Crippen LogP contribution is -2.38. The second-order valence-corrected chi connectivity index (χ2v) is 5.28. The van der Waals surface area contributed by atoms with E-state index in [9.17, 15) is 14.4 Å². The van der Waals surface area contributed by atoms with E-state index in [0.717, 1.165) is 0 Å². The maximum atomic E-state index is 12.0. The molecule has 7 nitrogen and oxygen atoms in total. The second-order valence-electron chi connectivity index (χ2n) is 4.84. The molecule has 0 saturated heterocycles. The van der Waals surface area contributed by atoms with Gasteiger partial charge < -0.3 is 21.1 Å². The fourth-order valence-corrected chi connectivity index (χ4v) is 2.03. The number of benzene rings is 1. The predicted molar refractivity (Wildman–Crippen MR) is 85.8 cm³/mol. The van der Waals surface area contributed by atoms with E-state index in [1.807, 2.05) is 0 Å². The van der Waals surface area contributed by atoms with Crippen LogP contribution in [0.1, 0.15) is 31.9 Å². The lowest BCUT2D eigenvalue weighted by Gasteiger charge is -2.19. The largest absolute Gasteiger partial charge is 0.452 e. The van der Waals surface area contributed by atoms with Gasteiger partial charge in [0.05, 0.1) is 12.5 Å². The SMILES string of the molecule is CCNC(=O)[C@@H](C)OC(=O)C[C@@H](NC(N)=O)c1ccc(Cl)cc1. The van der Waals surface area contributed by atoms with Gasteiger partial charge in [-0.2, -0.15) is 0 Å². The molecule has 0 saturated carbocycles. The number of amides is 3. The number of hydrogen-bond acceptors (Lipinski definition) is 4. The van der Waals surface area contributed by atoms with Crippen LogP contribution in [0.3, 0.4) is 0 Å². The number of esters is 1. The van der Waals surface area contributed by atoms with Crippen molar-refractivity contribution in [2.75, 3.05) is 6.54 Å². The Balaban J connectivity index is 2.73. The molecule has 0 aliphatic rings. The topological polar surface area (TPSA) is 111 Å². The van der Waals surface area contributed by atoms with Crippen molar-refractivity contribution in [3.63, 3.8) is 0 Å². The van der Waals surface area contributed by atoms with Crippen LogP contribution in [0.5, 0.6) is 0 Å². The zero-order valence-corrected chi connectivity index (χ0v) is 13.7. The summed E-state index contributed by atoms with van der Waals surface area (Å²) < 4.78 is 5.05. The van der Waals surface area contributed by atoms with Gasteiger partial charge in [-0.15, -0.1) is 0 Å². The molecule has 4 N–H and O–H groups in total. The van der Waals surface area contributed by atoms with Gasteiger partial charge in [-0.25, -0.2) is 4.79 Å². The Kier molecular flexibility index (Phi) is 7.34. The molecule has 0 aliphatic carbocycles. The third kappa shape index (κ3) is 6.56. The first-order valence-electron chi connectivity index (χ1n) is 7.12. The van der Waals surface area contributed by atoms with Crippen molar-refractivity contribution in [3.05, 3.63) is 34.9 Å². The van der Waals surface area contributed by atoms with Crippen LogP contribution in [0.2, 0.25) is 5.02 Å². The Morgan fingerprint density at radius 2 is 1.87 bits per heavy atom. The van der Waals surface area contributed by atoms with Crippen molar-refractivity contribution in [1.82, 2.24) is 10.6 Å². The van der Waals surface area contributed by atoms with E-state index in [2.05, 4.69) is 10.6 Å². The molecule has 0 bridgehead atoms. The van der Waals surface area contributed by atoms with Crippen LogP contribution in [-0.4, -0.2) is 30.6 Å². The molecule has 1 aromatic rings. The van der Waals surface area contributed by atoms with Crippen LogP contribution in [-0.2, 0) is 14.3 Å².